The molecule has 0 radical (unpaired) electrons. The van der Waals surface area contributed by atoms with Gasteiger partial charge in [-0.2, -0.15) is 0 Å². The lowest BCUT2D eigenvalue weighted by Gasteiger charge is -2.07. The van der Waals surface area contributed by atoms with Crippen LogP contribution in [0.25, 0.3) is 11.1 Å². The molecule has 0 unspecified atom stereocenters. The minimum absolute atomic E-state index is 0.0505. The zero-order chi connectivity index (χ0) is 13.4. The lowest BCUT2D eigenvalue weighted by atomic mass is 10.2. The molecule has 2 rings (SSSR count). The Balaban J connectivity index is 2.79. The van der Waals surface area contributed by atoms with Gasteiger partial charge in [-0.25, -0.2) is 9.59 Å². The predicted molar refractivity (Wildman–Crippen MR) is 69.9 cm³/mol. The summed E-state index contributed by atoms with van der Waals surface area (Å²) >= 11 is 3.26. The minimum Gasteiger partial charge on any atom is -0.465 e. The fraction of sp³-hybridized carbons (Fsp3) is 0.333. The van der Waals surface area contributed by atoms with Crippen molar-refractivity contribution >= 4 is 33.0 Å². The first-order chi connectivity index (χ1) is 8.45. The van der Waals surface area contributed by atoms with Crippen molar-refractivity contribution in [2.75, 3.05) is 7.11 Å². The number of ether oxygens (including phenoxy) is 1. The van der Waals surface area contributed by atoms with Crippen LogP contribution < -0.4 is 5.76 Å². The SMILES string of the molecule is COC(=O)c1cc2c(cc1Br)oc(=O)n2C(C)C. The average molecular weight is 314 g/mol. The molecular formula is C12H12BrNO4. The second-order valence-corrected chi connectivity index (χ2v) is 4.98. The van der Waals surface area contributed by atoms with Crippen molar-refractivity contribution < 1.29 is 13.9 Å². The summed E-state index contributed by atoms with van der Waals surface area (Å²) in [6, 6.07) is 3.14. The first kappa shape index (κ1) is 12.9. The lowest BCUT2D eigenvalue weighted by molar-refractivity contribution is 0.0600. The zero-order valence-electron chi connectivity index (χ0n) is 10.2. The first-order valence-corrected chi connectivity index (χ1v) is 6.18. The maximum atomic E-state index is 11.7. The summed E-state index contributed by atoms with van der Waals surface area (Å²) in [6.07, 6.45) is 0. The van der Waals surface area contributed by atoms with Gasteiger partial charge in [-0.05, 0) is 41.9 Å². The van der Waals surface area contributed by atoms with E-state index in [-0.39, 0.29) is 6.04 Å². The van der Waals surface area contributed by atoms with Gasteiger partial charge in [-0.15, -0.1) is 0 Å². The number of halogens is 1. The highest BCUT2D eigenvalue weighted by Gasteiger charge is 2.18. The molecule has 0 aliphatic heterocycles. The molecule has 18 heavy (non-hydrogen) atoms. The molecule has 1 heterocycles. The molecule has 0 atom stereocenters. The number of esters is 1. The van der Waals surface area contributed by atoms with Gasteiger partial charge in [0, 0.05) is 10.5 Å². The first-order valence-electron chi connectivity index (χ1n) is 5.38. The van der Waals surface area contributed by atoms with Crippen molar-refractivity contribution in [3.8, 4) is 0 Å². The monoisotopic (exact) mass is 313 g/mol. The Morgan fingerprint density at radius 3 is 2.67 bits per heavy atom. The number of benzene rings is 1. The number of carbonyl (C=O) groups is 1. The van der Waals surface area contributed by atoms with Crippen molar-refractivity contribution in [3.63, 3.8) is 0 Å². The van der Waals surface area contributed by atoms with E-state index in [0.29, 0.717) is 21.1 Å². The molecule has 0 N–H and O–H groups in total. The number of nitrogens with zero attached hydrogens (tertiary/aromatic N) is 1. The summed E-state index contributed by atoms with van der Waals surface area (Å²) in [5, 5.41) is 0. The molecule has 0 saturated heterocycles. The number of rotatable bonds is 2. The molecular weight excluding hydrogens is 302 g/mol. The van der Waals surface area contributed by atoms with Gasteiger partial charge in [0.2, 0.25) is 0 Å². The Hall–Kier alpha value is -1.56. The van der Waals surface area contributed by atoms with Crippen LogP contribution in [0.15, 0.2) is 25.8 Å². The van der Waals surface area contributed by atoms with Gasteiger partial charge in [0.25, 0.3) is 0 Å². The molecule has 0 fully saturated rings. The minimum atomic E-state index is -0.465. The zero-order valence-corrected chi connectivity index (χ0v) is 11.8. The highest BCUT2D eigenvalue weighted by molar-refractivity contribution is 9.10. The molecule has 2 aromatic rings. The number of carbonyl (C=O) groups excluding carboxylic acids is 1. The fourth-order valence-corrected chi connectivity index (χ4v) is 2.29. The van der Waals surface area contributed by atoms with E-state index in [1.807, 2.05) is 13.8 Å². The molecule has 0 aliphatic carbocycles. The van der Waals surface area contributed by atoms with Gasteiger partial charge < -0.3 is 9.15 Å². The maximum absolute atomic E-state index is 11.7. The summed E-state index contributed by atoms with van der Waals surface area (Å²) < 4.78 is 11.8. The molecule has 0 spiro atoms. The largest absolute Gasteiger partial charge is 0.465 e. The predicted octanol–water partition coefficient (Wildman–Crippen LogP) is 2.72. The average Bonchev–Trinajstić information content (AvgIpc) is 2.62. The van der Waals surface area contributed by atoms with Crippen LogP contribution in [0.2, 0.25) is 0 Å². The third kappa shape index (κ3) is 1.96. The van der Waals surface area contributed by atoms with Gasteiger partial charge in [0.05, 0.1) is 18.2 Å². The van der Waals surface area contributed by atoms with E-state index in [0.717, 1.165) is 0 Å². The Morgan fingerprint density at radius 2 is 2.11 bits per heavy atom. The number of methoxy groups -OCH3 is 1. The van der Waals surface area contributed by atoms with E-state index >= 15 is 0 Å². The Bertz CT molecular complexity index is 669. The van der Waals surface area contributed by atoms with Crippen LogP contribution in [0.5, 0.6) is 0 Å². The molecule has 0 saturated carbocycles. The van der Waals surface area contributed by atoms with Gasteiger partial charge in [-0.3, -0.25) is 4.57 Å². The van der Waals surface area contributed by atoms with Crippen LogP contribution in [0.4, 0.5) is 0 Å². The van der Waals surface area contributed by atoms with Crippen molar-refractivity contribution in [1.29, 1.82) is 0 Å². The molecule has 0 amide bonds. The summed E-state index contributed by atoms with van der Waals surface area (Å²) in [5.74, 6) is -0.901. The Morgan fingerprint density at radius 1 is 1.44 bits per heavy atom. The second kappa shape index (κ2) is 4.61. The number of hydrogen-bond acceptors (Lipinski definition) is 4. The summed E-state index contributed by atoms with van der Waals surface area (Å²) in [6.45, 7) is 3.74. The van der Waals surface area contributed by atoms with Crippen LogP contribution in [0.1, 0.15) is 30.2 Å². The number of aromatic nitrogens is 1. The topological polar surface area (TPSA) is 61.4 Å². The molecule has 0 aliphatic rings. The molecule has 5 nitrogen and oxygen atoms in total. The highest BCUT2D eigenvalue weighted by atomic mass is 79.9. The number of hydrogen-bond donors (Lipinski definition) is 0. The molecule has 1 aromatic heterocycles. The lowest BCUT2D eigenvalue weighted by Crippen LogP contribution is -2.16. The van der Waals surface area contributed by atoms with Crippen LogP contribution in [-0.2, 0) is 4.74 Å². The van der Waals surface area contributed by atoms with Gasteiger partial charge >= 0.3 is 11.7 Å². The number of fused-ring (bicyclic) bond motifs is 1. The van der Waals surface area contributed by atoms with Crippen LogP contribution in [0, 0.1) is 0 Å². The molecule has 0 bridgehead atoms. The summed E-state index contributed by atoms with van der Waals surface area (Å²) in [7, 11) is 1.31. The normalized spacial score (nSPS) is 11.2. The third-order valence-electron chi connectivity index (χ3n) is 2.62. The maximum Gasteiger partial charge on any atom is 0.420 e. The van der Waals surface area contributed by atoms with E-state index in [1.54, 1.807) is 12.1 Å². The third-order valence-corrected chi connectivity index (χ3v) is 3.28. The van der Waals surface area contributed by atoms with Crippen molar-refractivity contribution in [2.24, 2.45) is 0 Å². The van der Waals surface area contributed by atoms with E-state index in [2.05, 4.69) is 20.7 Å². The summed E-state index contributed by atoms with van der Waals surface area (Å²) in [4.78, 5) is 23.3. The Labute approximate surface area is 111 Å². The van der Waals surface area contributed by atoms with Crippen molar-refractivity contribution in [3.05, 3.63) is 32.7 Å². The number of oxazole rings is 1. The van der Waals surface area contributed by atoms with Crippen LogP contribution >= 0.6 is 15.9 Å². The van der Waals surface area contributed by atoms with Gasteiger partial charge in [0.15, 0.2) is 5.58 Å². The smallest absolute Gasteiger partial charge is 0.420 e. The van der Waals surface area contributed by atoms with E-state index in [9.17, 15) is 9.59 Å². The molecule has 96 valence electrons. The summed E-state index contributed by atoms with van der Waals surface area (Å²) in [5.41, 5.74) is 1.38. The van der Waals surface area contributed by atoms with Gasteiger partial charge in [0.1, 0.15) is 0 Å². The van der Waals surface area contributed by atoms with E-state index in [1.165, 1.54) is 11.7 Å². The van der Waals surface area contributed by atoms with Crippen LogP contribution in [0.3, 0.4) is 0 Å². The van der Waals surface area contributed by atoms with Crippen molar-refractivity contribution in [2.45, 2.75) is 19.9 Å². The highest BCUT2D eigenvalue weighted by Crippen LogP contribution is 2.26. The molecule has 1 aromatic carbocycles. The van der Waals surface area contributed by atoms with E-state index < -0.39 is 11.7 Å². The van der Waals surface area contributed by atoms with Gasteiger partial charge in [-0.1, -0.05) is 0 Å². The van der Waals surface area contributed by atoms with Crippen molar-refractivity contribution in [1.82, 2.24) is 4.57 Å². The van der Waals surface area contributed by atoms with Crippen LogP contribution in [-0.4, -0.2) is 17.6 Å². The quantitative estimate of drug-likeness (QED) is 0.800. The Kier molecular flexibility index (Phi) is 3.30. The fourth-order valence-electron chi connectivity index (χ4n) is 1.81. The second-order valence-electron chi connectivity index (χ2n) is 4.12. The van der Waals surface area contributed by atoms with E-state index in [4.69, 9.17) is 4.42 Å². The molecule has 6 heteroatoms. The standard InChI is InChI=1S/C12H12BrNO4/c1-6(2)14-9-4-7(11(15)17-3)8(13)5-10(9)18-12(14)16/h4-6H,1-3H3.